The Labute approximate surface area is 97.7 Å². The van der Waals surface area contributed by atoms with Crippen molar-refractivity contribution in [1.82, 2.24) is 0 Å². The largest absolute Gasteiger partial charge is 0.475 e. The number of nitrogens with zero attached hydrogens (tertiary/aromatic N) is 2. The van der Waals surface area contributed by atoms with Crippen LogP contribution in [0.2, 0.25) is 0 Å². The van der Waals surface area contributed by atoms with Crippen LogP contribution in [-0.2, 0) is 4.74 Å². The third kappa shape index (κ3) is 2.26. The summed E-state index contributed by atoms with van der Waals surface area (Å²) >= 11 is 0. The van der Waals surface area contributed by atoms with Crippen molar-refractivity contribution in [3.05, 3.63) is 39.9 Å². The number of non-ortho nitro benzene ring substituents is 1. The molecule has 1 aromatic rings. The molecule has 0 unspecified atom stereocenters. The van der Waals surface area contributed by atoms with Crippen LogP contribution in [-0.4, -0.2) is 34.7 Å². The van der Waals surface area contributed by atoms with Gasteiger partial charge in [-0.05, 0) is 19.1 Å². The van der Waals surface area contributed by atoms with E-state index in [1.165, 1.54) is 12.1 Å². The Balaban J connectivity index is 2.25. The van der Waals surface area contributed by atoms with E-state index in [9.17, 15) is 10.1 Å². The van der Waals surface area contributed by atoms with Crippen LogP contribution in [0.3, 0.4) is 0 Å². The lowest BCUT2D eigenvalue weighted by atomic mass is 10.1. The van der Waals surface area contributed by atoms with Gasteiger partial charge in [-0.15, -0.1) is 0 Å². The number of rotatable bonds is 3. The Hall–Kier alpha value is -1.95. The number of aliphatic imine (C=N–C) groups is 1. The Bertz CT molecular complexity index is 469. The van der Waals surface area contributed by atoms with Gasteiger partial charge in [-0.1, -0.05) is 0 Å². The molecule has 0 fully saturated rings. The van der Waals surface area contributed by atoms with Gasteiger partial charge >= 0.3 is 0 Å². The third-order valence-electron chi connectivity index (χ3n) is 2.56. The molecule has 1 atom stereocenters. The van der Waals surface area contributed by atoms with Crippen LogP contribution >= 0.6 is 0 Å². The number of aliphatic hydroxyl groups is 1. The van der Waals surface area contributed by atoms with E-state index in [4.69, 9.17) is 9.84 Å². The topological polar surface area (TPSA) is 85.0 Å². The molecule has 0 radical (unpaired) electrons. The molecule has 0 saturated carbocycles. The molecule has 1 N–H and O–H groups in total. The van der Waals surface area contributed by atoms with Gasteiger partial charge in [0.25, 0.3) is 5.69 Å². The maximum Gasteiger partial charge on any atom is 0.269 e. The number of nitro benzene ring substituents is 1. The number of ether oxygens (including phenoxy) is 1. The SMILES string of the molecule is C[C@]1(CO)COC(c2ccc([N+](=O)[O-])cc2)=N1. The van der Waals surface area contributed by atoms with E-state index in [0.717, 1.165) is 0 Å². The lowest BCUT2D eigenvalue weighted by Gasteiger charge is -2.12. The summed E-state index contributed by atoms with van der Waals surface area (Å²) in [7, 11) is 0. The summed E-state index contributed by atoms with van der Waals surface area (Å²) in [6.07, 6.45) is 0. The molecule has 0 aromatic heterocycles. The van der Waals surface area contributed by atoms with Crippen LogP contribution < -0.4 is 0 Å². The Morgan fingerprint density at radius 2 is 2.18 bits per heavy atom. The van der Waals surface area contributed by atoms with Crippen LogP contribution in [0.1, 0.15) is 12.5 Å². The fraction of sp³-hybridized carbons (Fsp3) is 0.364. The minimum absolute atomic E-state index is 0.0252. The second kappa shape index (κ2) is 4.14. The molecule has 1 aliphatic rings. The van der Waals surface area contributed by atoms with Crippen LogP contribution in [0.5, 0.6) is 0 Å². The zero-order valence-electron chi connectivity index (χ0n) is 9.29. The van der Waals surface area contributed by atoms with E-state index in [0.29, 0.717) is 18.1 Å². The van der Waals surface area contributed by atoms with Crippen LogP contribution in [0, 0.1) is 10.1 Å². The molecule has 17 heavy (non-hydrogen) atoms. The highest BCUT2D eigenvalue weighted by Gasteiger charge is 2.31. The quantitative estimate of drug-likeness (QED) is 0.629. The van der Waals surface area contributed by atoms with Gasteiger partial charge in [0.15, 0.2) is 0 Å². The van der Waals surface area contributed by atoms with Gasteiger partial charge in [0, 0.05) is 17.7 Å². The molecule has 6 nitrogen and oxygen atoms in total. The molecule has 6 heteroatoms. The van der Waals surface area contributed by atoms with Crippen LogP contribution in [0.25, 0.3) is 0 Å². The van der Waals surface area contributed by atoms with Crippen molar-refractivity contribution in [1.29, 1.82) is 0 Å². The average molecular weight is 236 g/mol. The molecule has 1 aromatic carbocycles. The predicted octanol–water partition coefficient (Wildman–Crippen LogP) is 1.12. The zero-order valence-corrected chi connectivity index (χ0v) is 9.29. The lowest BCUT2D eigenvalue weighted by molar-refractivity contribution is -0.384. The Kier molecular flexibility index (Phi) is 2.81. The van der Waals surface area contributed by atoms with Gasteiger partial charge in [0.1, 0.15) is 12.1 Å². The van der Waals surface area contributed by atoms with E-state index in [2.05, 4.69) is 4.99 Å². The maximum atomic E-state index is 10.5. The molecule has 0 saturated heterocycles. The summed E-state index contributed by atoms with van der Waals surface area (Å²) in [6, 6.07) is 5.96. The number of benzene rings is 1. The summed E-state index contributed by atoms with van der Waals surface area (Å²) in [6.45, 7) is 2.00. The summed E-state index contributed by atoms with van der Waals surface area (Å²) in [5, 5.41) is 19.6. The minimum atomic E-state index is -0.614. The fourth-order valence-corrected chi connectivity index (χ4v) is 1.49. The fourth-order valence-electron chi connectivity index (χ4n) is 1.49. The van der Waals surface area contributed by atoms with Crippen molar-refractivity contribution in [2.45, 2.75) is 12.5 Å². The third-order valence-corrected chi connectivity index (χ3v) is 2.56. The number of nitro groups is 1. The van der Waals surface area contributed by atoms with E-state index in [1.807, 2.05) is 0 Å². The van der Waals surface area contributed by atoms with Crippen LogP contribution in [0.15, 0.2) is 29.3 Å². The monoisotopic (exact) mass is 236 g/mol. The van der Waals surface area contributed by atoms with Gasteiger partial charge in [-0.3, -0.25) is 10.1 Å². The van der Waals surface area contributed by atoms with E-state index >= 15 is 0 Å². The molecule has 90 valence electrons. The van der Waals surface area contributed by atoms with Crippen molar-refractivity contribution >= 4 is 11.6 Å². The van der Waals surface area contributed by atoms with E-state index < -0.39 is 10.5 Å². The average Bonchev–Trinajstić information content (AvgIpc) is 2.73. The molecule has 1 heterocycles. The van der Waals surface area contributed by atoms with Gasteiger partial charge in [0.2, 0.25) is 5.90 Å². The molecule has 0 amide bonds. The van der Waals surface area contributed by atoms with Gasteiger partial charge in [-0.2, -0.15) is 0 Å². The van der Waals surface area contributed by atoms with Crippen molar-refractivity contribution in [2.75, 3.05) is 13.2 Å². The standard InChI is InChI=1S/C11H12N2O4/c1-11(6-14)7-17-10(12-11)8-2-4-9(5-3-8)13(15)16/h2-5,14H,6-7H2,1H3/t11-/m0/s1. The normalized spacial score (nSPS) is 23.1. The number of hydrogen-bond donors (Lipinski definition) is 1. The molecule has 0 aliphatic carbocycles. The van der Waals surface area contributed by atoms with E-state index in [-0.39, 0.29) is 12.3 Å². The first-order chi connectivity index (χ1) is 8.04. The number of hydrogen-bond acceptors (Lipinski definition) is 5. The first-order valence-corrected chi connectivity index (χ1v) is 5.12. The molecule has 0 spiro atoms. The lowest BCUT2D eigenvalue weighted by Crippen LogP contribution is -2.28. The Morgan fingerprint density at radius 3 is 2.65 bits per heavy atom. The van der Waals surface area contributed by atoms with Gasteiger partial charge < -0.3 is 9.84 Å². The first kappa shape index (κ1) is 11.5. The van der Waals surface area contributed by atoms with Crippen molar-refractivity contribution < 1.29 is 14.8 Å². The predicted molar refractivity (Wildman–Crippen MR) is 61.1 cm³/mol. The second-order valence-electron chi connectivity index (χ2n) is 4.16. The molecule has 0 bridgehead atoms. The summed E-state index contributed by atoms with van der Waals surface area (Å²) in [5.74, 6) is 0.413. The molecular weight excluding hydrogens is 224 g/mol. The zero-order chi connectivity index (χ0) is 12.5. The summed E-state index contributed by atoms with van der Waals surface area (Å²) < 4.78 is 5.37. The first-order valence-electron chi connectivity index (χ1n) is 5.12. The van der Waals surface area contributed by atoms with E-state index in [1.54, 1.807) is 19.1 Å². The highest BCUT2D eigenvalue weighted by molar-refractivity contribution is 5.95. The smallest absolute Gasteiger partial charge is 0.269 e. The Morgan fingerprint density at radius 1 is 1.53 bits per heavy atom. The molecule has 2 rings (SSSR count). The number of aliphatic hydroxyl groups excluding tert-OH is 1. The van der Waals surface area contributed by atoms with Crippen molar-refractivity contribution in [3.8, 4) is 0 Å². The van der Waals surface area contributed by atoms with Crippen LogP contribution in [0.4, 0.5) is 5.69 Å². The van der Waals surface area contributed by atoms with Gasteiger partial charge in [0.05, 0.1) is 11.5 Å². The van der Waals surface area contributed by atoms with Crippen molar-refractivity contribution in [2.24, 2.45) is 4.99 Å². The highest BCUT2D eigenvalue weighted by atomic mass is 16.6. The maximum absolute atomic E-state index is 10.5. The summed E-state index contributed by atoms with van der Waals surface area (Å²) in [5.41, 5.74) is 0.0851. The second-order valence-corrected chi connectivity index (χ2v) is 4.16. The highest BCUT2D eigenvalue weighted by Crippen LogP contribution is 2.22. The minimum Gasteiger partial charge on any atom is -0.475 e. The summed E-state index contributed by atoms with van der Waals surface area (Å²) in [4.78, 5) is 14.3. The van der Waals surface area contributed by atoms with Crippen molar-refractivity contribution in [3.63, 3.8) is 0 Å². The molecule has 1 aliphatic heterocycles. The van der Waals surface area contributed by atoms with Gasteiger partial charge in [-0.25, -0.2) is 4.99 Å². The molecular formula is C11H12N2O4.